The highest BCUT2D eigenvalue weighted by atomic mass is 35.7. The minimum atomic E-state index is -3.86. The fourth-order valence-electron chi connectivity index (χ4n) is 1.62. The standard InChI is InChI=1S/C12H15Cl3O3S/c1-3-4-8(2)7-18-12-10(13)5-9(6-11(12)14)19(15,16)17/h5-6,8H,3-4,7H2,1-2H3. The molecule has 0 spiro atoms. The number of halogens is 3. The molecule has 0 aliphatic rings. The van der Waals surface area contributed by atoms with Crippen LogP contribution in [-0.4, -0.2) is 15.0 Å². The molecule has 0 saturated heterocycles. The highest BCUT2D eigenvalue weighted by Gasteiger charge is 2.17. The summed E-state index contributed by atoms with van der Waals surface area (Å²) in [5.41, 5.74) is 0. The third-order valence-corrected chi connectivity index (χ3v) is 4.44. The normalized spacial score (nSPS) is 13.3. The fraction of sp³-hybridized carbons (Fsp3) is 0.500. The van der Waals surface area contributed by atoms with Crippen molar-refractivity contribution in [2.24, 2.45) is 5.92 Å². The number of benzene rings is 1. The average molecular weight is 346 g/mol. The van der Waals surface area contributed by atoms with E-state index >= 15 is 0 Å². The molecule has 0 aliphatic heterocycles. The second-order valence-corrected chi connectivity index (χ2v) is 7.74. The first-order chi connectivity index (χ1) is 8.75. The van der Waals surface area contributed by atoms with Crippen molar-refractivity contribution in [2.75, 3.05) is 6.61 Å². The van der Waals surface area contributed by atoms with Crippen molar-refractivity contribution in [2.45, 2.75) is 31.6 Å². The van der Waals surface area contributed by atoms with Gasteiger partial charge in [-0.05, 0) is 24.5 Å². The Labute approximate surface area is 128 Å². The smallest absolute Gasteiger partial charge is 0.261 e. The van der Waals surface area contributed by atoms with Crippen molar-refractivity contribution in [1.82, 2.24) is 0 Å². The number of hydrogen-bond donors (Lipinski definition) is 0. The van der Waals surface area contributed by atoms with Crippen molar-refractivity contribution in [3.8, 4) is 5.75 Å². The Morgan fingerprint density at radius 1 is 1.26 bits per heavy atom. The molecule has 1 rings (SSSR count). The molecule has 0 aliphatic carbocycles. The summed E-state index contributed by atoms with van der Waals surface area (Å²) in [5.74, 6) is 0.656. The van der Waals surface area contributed by atoms with Crippen LogP contribution in [0.1, 0.15) is 26.7 Å². The molecule has 0 N–H and O–H groups in total. The molecule has 19 heavy (non-hydrogen) atoms. The molecule has 0 saturated carbocycles. The Hall–Kier alpha value is -0.160. The van der Waals surface area contributed by atoms with E-state index in [0.717, 1.165) is 12.8 Å². The molecule has 1 unspecified atom stereocenters. The molecule has 0 fully saturated rings. The van der Waals surface area contributed by atoms with Gasteiger partial charge in [0.2, 0.25) is 0 Å². The van der Waals surface area contributed by atoms with Crippen LogP contribution in [0.15, 0.2) is 17.0 Å². The van der Waals surface area contributed by atoms with Crippen LogP contribution in [-0.2, 0) is 9.05 Å². The van der Waals surface area contributed by atoms with Gasteiger partial charge in [0.05, 0.1) is 21.5 Å². The maximum absolute atomic E-state index is 11.2. The summed E-state index contributed by atoms with van der Waals surface area (Å²) in [7, 11) is 1.38. The lowest BCUT2D eigenvalue weighted by atomic mass is 10.1. The van der Waals surface area contributed by atoms with Crippen LogP contribution in [0.25, 0.3) is 0 Å². The van der Waals surface area contributed by atoms with Crippen LogP contribution < -0.4 is 4.74 Å². The molecule has 1 aromatic rings. The second kappa shape index (κ2) is 7.02. The van der Waals surface area contributed by atoms with E-state index in [1.54, 1.807) is 0 Å². The highest BCUT2D eigenvalue weighted by molar-refractivity contribution is 8.13. The van der Waals surface area contributed by atoms with E-state index in [0.29, 0.717) is 12.5 Å². The minimum absolute atomic E-state index is 0.135. The van der Waals surface area contributed by atoms with Crippen LogP contribution in [0.5, 0.6) is 5.75 Å². The topological polar surface area (TPSA) is 43.4 Å². The monoisotopic (exact) mass is 344 g/mol. The van der Waals surface area contributed by atoms with Gasteiger partial charge in [0, 0.05) is 10.7 Å². The zero-order chi connectivity index (χ0) is 14.6. The first-order valence-corrected chi connectivity index (χ1v) is 8.88. The molecular formula is C12H15Cl3O3S. The molecular weight excluding hydrogens is 331 g/mol. The van der Waals surface area contributed by atoms with Gasteiger partial charge in [-0.3, -0.25) is 0 Å². The van der Waals surface area contributed by atoms with Gasteiger partial charge in [-0.15, -0.1) is 0 Å². The summed E-state index contributed by atoms with van der Waals surface area (Å²) in [4.78, 5) is -0.141. The van der Waals surface area contributed by atoms with Crippen LogP contribution in [0.4, 0.5) is 0 Å². The van der Waals surface area contributed by atoms with Gasteiger partial charge in [-0.25, -0.2) is 8.42 Å². The van der Waals surface area contributed by atoms with E-state index in [1.165, 1.54) is 12.1 Å². The molecule has 3 nitrogen and oxygen atoms in total. The quantitative estimate of drug-likeness (QED) is 0.700. The van der Waals surface area contributed by atoms with Gasteiger partial charge in [-0.1, -0.05) is 43.5 Å². The van der Waals surface area contributed by atoms with Crippen LogP contribution in [0, 0.1) is 5.92 Å². The fourth-order valence-corrected chi connectivity index (χ4v) is 3.13. The van der Waals surface area contributed by atoms with E-state index in [4.69, 9.17) is 38.6 Å². The predicted molar refractivity (Wildman–Crippen MR) is 79.1 cm³/mol. The van der Waals surface area contributed by atoms with Crippen LogP contribution in [0.3, 0.4) is 0 Å². The minimum Gasteiger partial charge on any atom is -0.490 e. The first kappa shape index (κ1) is 16.9. The lowest BCUT2D eigenvalue weighted by molar-refractivity contribution is 0.251. The van der Waals surface area contributed by atoms with Gasteiger partial charge in [0.15, 0.2) is 5.75 Å². The zero-order valence-corrected chi connectivity index (χ0v) is 13.7. The molecule has 1 atom stereocenters. The lowest BCUT2D eigenvalue weighted by Crippen LogP contribution is -2.09. The van der Waals surface area contributed by atoms with E-state index < -0.39 is 9.05 Å². The second-order valence-electron chi connectivity index (χ2n) is 4.36. The van der Waals surface area contributed by atoms with E-state index in [-0.39, 0.29) is 20.7 Å². The largest absolute Gasteiger partial charge is 0.490 e. The van der Waals surface area contributed by atoms with Crippen molar-refractivity contribution >= 4 is 42.9 Å². The SMILES string of the molecule is CCCC(C)COc1c(Cl)cc(S(=O)(=O)Cl)cc1Cl. The third-order valence-electron chi connectivity index (χ3n) is 2.55. The van der Waals surface area contributed by atoms with Gasteiger partial charge in [0.1, 0.15) is 0 Å². The summed E-state index contributed by atoms with van der Waals surface area (Å²) in [6.07, 6.45) is 2.10. The molecule has 0 radical (unpaired) electrons. The Bertz CT molecular complexity index is 520. The van der Waals surface area contributed by atoms with Crippen molar-refractivity contribution in [3.05, 3.63) is 22.2 Å². The van der Waals surface area contributed by atoms with Crippen molar-refractivity contribution in [1.29, 1.82) is 0 Å². The van der Waals surface area contributed by atoms with Crippen LogP contribution in [0.2, 0.25) is 10.0 Å². The summed E-state index contributed by atoms with van der Waals surface area (Å²) >= 11 is 11.9. The molecule has 0 amide bonds. The predicted octanol–water partition coefficient (Wildman–Crippen LogP) is 4.74. The molecule has 108 valence electrons. The van der Waals surface area contributed by atoms with Gasteiger partial charge in [-0.2, -0.15) is 0 Å². The molecule has 0 bridgehead atoms. The Morgan fingerprint density at radius 2 is 1.79 bits per heavy atom. The number of rotatable bonds is 6. The molecule has 0 aromatic heterocycles. The maximum Gasteiger partial charge on any atom is 0.261 e. The van der Waals surface area contributed by atoms with Gasteiger partial charge in [0.25, 0.3) is 9.05 Å². The van der Waals surface area contributed by atoms with Gasteiger partial charge < -0.3 is 4.74 Å². The first-order valence-electron chi connectivity index (χ1n) is 5.82. The summed E-state index contributed by atoms with van der Waals surface area (Å²) < 4.78 is 28.0. The van der Waals surface area contributed by atoms with E-state index in [2.05, 4.69) is 13.8 Å². The number of ether oxygens (including phenoxy) is 1. The summed E-state index contributed by atoms with van der Waals surface area (Å²) in [6.45, 7) is 4.62. The van der Waals surface area contributed by atoms with E-state index in [1.807, 2.05) is 0 Å². The van der Waals surface area contributed by atoms with Gasteiger partial charge >= 0.3 is 0 Å². The Kier molecular flexibility index (Phi) is 6.24. The molecule has 1 aromatic carbocycles. The molecule has 0 heterocycles. The van der Waals surface area contributed by atoms with E-state index in [9.17, 15) is 8.42 Å². The van der Waals surface area contributed by atoms with Crippen molar-refractivity contribution in [3.63, 3.8) is 0 Å². The summed E-state index contributed by atoms with van der Waals surface area (Å²) in [5, 5.41) is 0.269. The number of hydrogen-bond acceptors (Lipinski definition) is 3. The maximum atomic E-state index is 11.2. The Morgan fingerprint density at radius 3 is 2.21 bits per heavy atom. The lowest BCUT2D eigenvalue weighted by Gasteiger charge is -2.14. The molecule has 7 heteroatoms. The average Bonchev–Trinajstić information content (AvgIpc) is 2.26. The van der Waals surface area contributed by atoms with Crippen molar-refractivity contribution < 1.29 is 13.2 Å². The summed E-state index contributed by atoms with van der Waals surface area (Å²) in [6, 6.07) is 2.46. The third kappa shape index (κ3) is 5.03. The zero-order valence-electron chi connectivity index (χ0n) is 10.6. The highest BCUT2D eigenvalue weighted by Crippen LogP contribution is 2.36. The Balaban J connectivity index is 2.92. The van der Waals surface area contributed by atoms with Crippen LogP contribution >= 0.6 is 33.9 Å².